The minimum Gasteiger partial charge on any atom is -0.331 e. The highest BCUT2D eigenvalue weighted by Crippen LogP contribution is 2.25. The number of H-pyrrole nitrogens is 1. The van der Waals surface area contributed by atoms with Gasteiger partial charge in [-0.3, -0.25) is 9.79 Å². The monoisotopic (exact) mass is 387 g/mol. The van der Waals surface area contributed by atoms with Crippen molar-refractivity contribution < 1.29 is 0 Å². The molecule has 4 rings (SSSR count). The number of aryl methyl sites for hydroxylation is 1. The third-order valence-electron chi connectivity index (χ3n) is 4.20. The Labute approximate surface area is 163 Å². The van der Waals surface area contributed by atoms with Gasteiger partial charge in [-0.2, -0.15) is 0 Å². The SMILES string of the molecule is C.CC(C)n1cnc2c1NC=NC2N.Cc1nc2c(ncn2C(C)C)c(=O)[nH]1. The van der Waals surface area contributed by atoms with Gasteiger partial charge in [0.15, 0.2) is 11.2 Å². The van der Waals surface area contributed by atoms with Gasteiger partial charge in [-0.25, -0.2) is 15.0 Å². The lowest BCUT2D eigenvalue weighted by Gasteiger charge is -2.16. The lowest BCUT2D eigenvalue weighted by molar-refractivity contribution is 0.605. The molecule has 28 heavy (non-hydrogen) atoms. The maximum Gasteiger partial charge on any atom is 0.279 e. The minimum absolute atomic E-state index is 0. The van der Waals surface area contributed by atoms with Gasteiger partial charge >= 0.3 is 0 Å². The summed E-state index contributed by atoms with van der Waals surface area (Å²) in [5, 5.41) is 3.05. The molecule has 3 aromatic heterocycles. The van der Waals surface area contributed by atoms with Crippen LogP contribution in [0.2, 0.25) is 0 Å². The van der Waals surface area contributed by atoms with Crippen molar-refractivity contribution in [2.24, 2.45) is 10.7 Å². The molecule has 1 unspecified atom stereocenters. The number of rotatable bonds is 2. The van der Waals surface area contributed by atoms with E-state index >= 15 is 0 Å². The van der Waals surface area contributed by atoms with E-state index in [2.05, 4.69) is 44.1 Å². The lowest BCUT2D eigenvalue weighted by Crippen LogP contribution is -2.18. The summed E-state index contributed by atoms with van der Waals surface area (Å²) in [7, 11) is 0. The number of aliphatic imine (C=N–C) groups is 1. The minimum atomic E-state index is -0.323. The second kappa shape index (κ2) is 8.34. The molecule has 1 atom stereocenters. The highest BCUT2D eigenvalue weighted by Gasteiger charge is 2.19. The summed E-state index contributed by atoms with van der Waals surface area (Å²) in [6.45, 7) is 10.0. The second-order valence-electron chi connectivity index (χ2n) is 6.92. The van der Waals surface area contributed by atoms with E-state index in [-0.39, 0.29) is 25.2 Å². The van der Waals surface area contributed by atoms with E-state index in [1.807, 2.05) is 23.0 Å². The van der Waals surface area contributed by atoms with Gasteiger partial charge in [-0.15, -0.1) is 0 Å². The number of imidazole rings is 2. The standard InChI is InChI=1S/C9H12N4O.C8H13N5.CH4/c1-5(2)13-4-10-7-8(13)11-6(3)12-9(7)14;1-5(2)13-4-12-6-7(9)10-3-11-8(6)13;/h4-5H,1-3H3,(H,11,12,14);3-5,7H,9H2,1-2H3,(H,10,11);1H4. The molecule has 0 aliphatic carbocycles. The van der Waals surface area contributed by atoms with E-state index in [9.17, 15) is 4.79 Å². The second-order valence-corrected chi connectivity index (χ2v) is 6.92. The van der Waals surface area contributed by atoms with Crippen molar-refractivity contribution >= 4 is 23.3 Å². The third-order valence-corrected chi connectivity index (χ3v) is 4.20. The van der Waals surface area contributed by atoms with E-state index in [0.29, 0.717) is 23.0 Å². The fourth-order valence-corrected chi connectivity index (χ4v) is 2.80. The van der Waals surface area contributed by atoms with E-state index < -0.39 is 0 Å². The van der Waals surface area contributed by atoms with E-state index in [4.69, 9.17) is 5.73 Å². The van der Waals surface area contributed by atoms with Crippen molar-refractivity contribution in [3.05, 3.63) is 34.5 Å². The van der Waals surface area contributed by atoms with Gasteiger partial charge < -0.3 is 25.2 Å². The molecule has 0 saturated carbocycles. The largest absolute Gasteiger partial charge is 0.331 e. The lowest BCUT2D eigenvalue weighted by atomic mass is 10.3. The van der Waals surface area contributed by atoms with Crippen LogP contribution in [0.4, 0.5) is 5.82 Å². The van der Waals surface area contributed by atoms with Crippen LogP contribution in [0, 0.1) is 6.92 Å². The van der Waals surface area contributed by atoms with E-state index in [0.717, 1.165) is 11.5 Å². The van der Waals surface area contributed by atoms with Crippen LogP contribution < -0.4 is 16.6 Å². The molecule has 0 saturated heterocycles. The predicted octanol–water partition coefficient (Wildman–Crippen LogP) is 2.52. The summed E-state index contributed by atoms with van der Waals surface area (Å²) < 4.78 is 3.93. The van der Waals surface area contributed by atoms with Crippen LogP contribution >= 0.6 is 0 Å². The quantitative estimate of drug-likeness (QED) is 0.619. The topological polar surface area (TPSA) is 132 Å². The Bertz CT molecular complexity index is 1030. The van der Waals surface area contributed by atoms with Crippen LogP contribution in [0.25, 0.3) is 11.2 Å². The van der Waals surface area contributed by atoms with Gasteiger partial charge in [-0.1, -0.05) is 7.43 Å². The Kier molecular flexibility index (Phi) is 6.34. The van der Waals surface area contributed by atoms with Gasteiger partial charge in [0.2, 0.25) is 0 Å². The first-order valence-electron chi connectivity index (χ1n) is 8.83. The molecule has 10 nitrogen and oxygen atoms in total. The van der Waals surface area contributed by atoms with Crippen LogP contribution in [0.1, 0.15) is 64.9 Å². The Morgan fingerprint density at radius 1 is 1.11 bits per heavy atom. The molecular formula is C18H29N9O. The van der Waals surface area contributed by atoms with Crippen molar-refractivity contribution in [1.82, 2.24) is 29.1 Å². The molecule has 4 N–H and O–H groups in total. The van der Waals surface area contributed by atoms with Gasteiger partial charge in [0.05, 0.1) is 19.0 Å². The predicted molar refractivity (Wildman–Crippen MR) is 112 cm³/mol. The molecule has 0 fully saturated rings. The maximum absolute atomic E-state index is 11.5. The number of nitrogens with two attached hydrogens (primary N) is 1. The normalized spacial score (nSPS) is 15.1. The number of aromatic nitrogens is 6. The highest BCUT2D eigenvalue weighted by atomic mass is 16.1. The van der Waals surface area contributed by atoms with Crippen molar-refractivity contribution in [3.63, 3.8) is 0 Å². The summed E-state index contributed by atoms with van der Waals surface area (Å²) in [4.78, 5) is 30.6. The first-order valence-corrected chi connectivity index (χ1v) is 8.83. The fraction of sp³-hybridized carbons (Fsp3) is 0.500. The molecular weight excluding hydrogens is 358 g/mol. The molecule has 4 heterocycles. The molecule has 0 bridgehead atoms. The Hall–Kier alpha value is -3.01. The Morgan fingerprint density at radius 3 is 2.39 bits per heavy atom. The molecule has 0 radical (unpaired) electrons. The summed E-state index contributed by atoms with van der Waals surface area (Å²) >= 11 is 0. The van der Waals surface area contributed by atoms with Crippen LogP contribution in [0.5, 0.6) is 0 Å². The number of nitrogens with zero attached hydrogens (tertiary/aromatic N) is 6. The highest BCUT2D eigenvalue weighted by molar-refractivity contribution is 5.77. The zero-order chi connectivity index (χ0) is 19.7. The van der Waals surface area contributed by atoms with Crippen molar-refractivity contribution in [3.8, 4) is 0 Å². The van der Waals surface area contributed by atoms with Gasteiger partial charge in [0.25, 0.3) is 5.56 Å². The number of aromatic amines is 1. The van der Waals surface area contributed by atoms with Crippen LogP contribution in [-0.4, -0.2) is 35.4 Å². The summed E-state index contributed by atoms with van der Waals surface area (Å²) in [6.07, 6.45) is 4.73. The average molecular weight is 387 g/mol. The molecule has 3 aromatic rings. The first kappa shape index (κ1) is 21.3. The number of hydrogen-bond acceptors (Lipinski definition) is 7. The first-order chi connectivity index (χ1) is 12.8. The molecule has 0 spiro atoms. The maximum atomic E-state index is 11.5. The van der Waals surface area contributed by atoms with Crippen molar-refractivity contribution in [2.75, 3.05) is 5.32 Å². The van der Waals surface area contributed by atoms with Crippen LogP contribution in [0.3, 0.4) is 0 Å². The summed E-state index contributed by atoms with van der Waals surface area (Å²) in [5.74, 6) is 1.57. The van der Waals surface area contributed by atoms with Crippen molar-refractivity contribution in [2.45, 2.75) is 60.3 Å². The number of anilines is 1. The number of fused-ring (bicyclic) bond motifs is 2. The Morgan fingerprint density at radius 2 is 1.75 bits per heavy atom. The number of nitrogens with one attached hydrogen (secondary N) is 2. The zero-order valence-corrected chi connectivity index (χ0v) is 16.1. The van der Waals surface area contributed by atoms with Crippen LogP contribution in [0.15, 0.2) is 22.4 Å². The van der Waals surface area contributed by atoms with E-state index in [1.165, 1.54) is 0 Å². The van der Waals surface area contributed by atoms with Gasteiger partial charge in [-0.05, 0) is 34.6 Å². The molecule has 0 amide bonds. The van der Waals surface area contributed by atoms with Gasteiger partial charge in [0, 0.05) is 12.1 Å². The average Bonchev–Trinajstić information content (AvgIpc) is 3.20. The van der Waals surface area contributed by atoms with Crippen molar-refractivity contribution in [1.29, 1.82) is 0 Å². The zero-order valence-electron chi connectivity index (χ0n) is 16.1. The molecule has 0 aromatic carbocycles. The van der Waals surface area contributed by atoms with Gasteiger partial charge in [0.1, 0.15) is 23.5 Å². The Balaban J connectivity index is 0.000000194. The third kappa shape index (κ3) is 3.96. The molecule has 1 aliphatic rings. The number of hydrogen-bond donors (Lipinski definition) is 3. The molecule has 1 aliphatic heterocycles. The van der Waals surface area contributed by atoms with Crippen LogP contribution in [-0.2, 0) is 0 Å². The molecule has 10 heteroatoms. The summed E-state index contributed by atoms with van der Waals surface area (Å²) in [5.41, 5.74) is 7.45. The fourth-order valence-electron chi connectivity index (χ4n) is 2.80. The smallest absolute Gasteiger partial charge is 0.279 e. The molecule has 152 valence electrons. The summed E-state index contributed by atoms with van der Waals surface area (Å²) in [6, 6.07) is 0.635. The van der Waals surface area contributed by atoms with E-state index in [1.54, 1.807) is 25.9 Å².